The highest BCUT2D eigenvalue weighted by Gasteiger charge is 2.27. The van der Waals surface area contributed by atoms with Gasteiger partial charge in [-0.05, 0) is 39.2 Å². The largest absolute Gasteiger partial charge is 0.309 e. The second-order valence-corrected chi connectivity index (χ2v) is 6.78. The van der Waals surface area contributed by atoms with E-state index in [9.17, 15) is 12.8 Å². The van der Waals surface area contributed by atoms with Crippen molar-refractivity contribution in [1.29, 1.82) is 5.26 Å². The van der Waals surface area contributed by atoms with Gasteiger partial charge in [0.05, 0.1) is 0 Å². The van der Waals surface area contributed by atoms with Gasteiger partial charge in [0.2, 0.25) is 10.0 Å². The minimum absolute atomic E-state index is 0.267. The van der Waals surface area contributed by atoms with Crippen LogP contribution in [0.2, 0.25) is 0 Å². The zero-order valence-electron chi connectivity index (χ0n) is 12.5. The van der Waals surface area contributed by atoms with Gasteiger partial charge in [-0.1, -0.05) is 13.0 Å². The van der Waals surface area contributed by atoms with Crippen molar-refractivity contribution >= 4 is 10.0 Å². The summed E-state index contributed by atoms with van der Waals surface area (Å²) in [5, 5.41) is 8.99. The molecule has 0 N–H and O–H groups in total. The molecule has 0 radical (unpaired) electrons. The summed E-state index contributed by atoms with van der Waals surface area (Å²) in [5.41, 5.74) is -0.427. The molecule has 0 spiro atoms. The van der Waals surface area contributed by atoms with E-state index in [1.165, 1.54) is 16.4 Å². The number of sulfonamides is 1. The maximum absolute atomic E-state index is 13.6. The third kappa shape index (κ3) is 4.24. The van der Waals surface area contributed by atoms with Crippen LogP contribution in [0.3, 0.4) is 0 Å². The van der Waals surface area contributed by atoms with Crippen LogP contribution < -0.4 is 0 Å². The van der Waals surface area contributed by atoms with E-state index in [0.29, 0.717) is 13.0 Å². The molecule has 1 aromatic rings. The highest BCUT2D eigenvalue weighted by atomic mass is 32.2. The minimum atomic E-state index is -3.86. The first-order valence-electron chi connectivity index (χ1n) is 6.68. The van der Waals surface area contributed by atoms with Crippen molar-refractivity contribution in [3.8, 4) is 6.07 Å². The van der Waals surface area contributed by atoms with Gasteiger partial charge in [0.1, 0.15) is 22.3 Å². The van der Waals surface area contributed by atoms with E-state index in [0.717, 1.165) is 12.6 Å². The van der Waals surface area contributed by atoms with Crippen LogP contribution >= 0.6 is 0 Å². The van der Waals surface area contributed by atoms with Gasteiger partial charge in [-0.25, -0.2) is 12.8 Å². The highest BCUT2D eigenvalue weighted by molar-refractivity contribution is 7.89. The van der Waals surface area contributed by atoms with E-state index < -0.39 is 21.4 Å². The fourth-order valence-electron chi connectivity index (χ4n) is 1.98. The van der Waals surface area contributed by atoms with Crippen molar-refractivity contribution in [2.75, 3.05) is 33.7 Å². The summed E-state index contributed by atoms with van der Waals surface area (Å²) < 4.78 is 40.0. The zero-order valence-corrected chi connectivity index (χ0v) is 13.3. The predicted molar refractivity (Wildman–Crippen MR) is 78.7 cm³/mol. The fraction of sp³-hybridized carbons (Fsp3) is 0.500. The van der Waals surface area contributed by atoms with Gasteiger partial charge in [-0.15, -0.1) is 0 Å². The third-order valence-electron chi connectivity index (χ3n) is 3.07. The van der Waals surface area contributed by atoms with Crippen molar-refractivity contribution in [3.05, 3.63) is 29.6 Å². The first-order valence-corrected chi connectivity index (χ1v) is 8.12. The second-order valence-electron chi connectivity index (χ2n) is 4.88. The summed E-state index contributed by atoms with van der Waals surface area (Å²) in [6.45, 7) is 3.08. The molecule has 0 aliphatic rings. The molecule has 0 heterocycles. The first kappa shape index (κ1) is 17.6. The molecular formula is C14H20FN3O2S. The number of benzene rings is 1. The average Bonchev–Trinajstić information content (AvgIpc) is 2.42. The molecule has 0 amide bonds. The average molecular weight is 313 g/mol. The smallest absolute Gasteiger partial charge is 0.244 e. The number of hydrogen-bond donors (Lipinski definition) is 0. The van der Waals surface area contributed by atoms with Crippen molar-refractivity contribution < 1.29 is 12.8 Å². The topological polar surface area (TPSA) is 64.4 Å². The van der Waals surface area contributed by atoms with E-state index in [1.807, 2.05) is 19.0 Å². The van der Waals surface area contributed by atoms with Crippen molar-refractivity contribution in [1.82, 2.24) is 9.21 Å². The zero-order chi connectivity index (χ0) is 16.0. The van der Waals surface area contributed by atoms with E-state index in [-0.39, 0.29) is 11.4 Å². The van der Waals surface area contributed by atoms with Crippen LogP contribution in [0, 0.1) is 17.1 Å². The number of nitrogens with zero attached hydrogens (tertiary/aromatic N) is 3. The molecule has 0 unspecified atom stereocenters. The summed E-state index contributed by atoms with van der Waals surface area (Å²) in [6.07, 6.45) is 0.664. The number of hydrogen-bond acceptors (Lipinski definition) is 4. The normalized spacial score (nSPS) is 11.9. The maximum atomic E-state index is 13.6. The van der Waals surface area contributed by atoms with E-state index >= 15 is 0 Å². The lowest BCUT2D eigenvalue weighted by Crippen LogP contribution is -2.33. The fourth-order valence-corrected chi connectivity index (χ4v) is 3.62. The van der Waals surface area contributed by atoms with Crippen LogP contribution in [0.4, 0.5) is 4.39 Å². The molecule has 0 aliphatic carbocycles. The standard InChI is InChI=1S/C14H20FN3O2S/c1-4-18(10-6-9-17(2)3)21(19,20)14-8-5-7-13(15)12(14)11-16/h5,7-8H,4,6,9-10H2,1-3H3. The Bertz CT molecular complexity index is 624. The molecule has 0 saturated carbocycles. The van der Waals surface area contributed by atoms with Gasteiger partial charge >= 0.3 is 0 Å². The summed E-state index contributed by atoms with van der Waals surface area (Å²) in [6, 6.07) is 5.29. The van der Waals surface area contributed by atoms with Crippen LogP contribution in [-0.2, 0) is 10.0 Å². The highest BCUT2D eigenvalue weighted by Crippen LogP contribution is 2.22. The molecule has 7 heteroatoms. The lowest BCUT2D eigenvalue weighted by atomic mass is 10.2. The SMILES string of the molecule is CCN(CCCN(C)C)S(=O)(=O)c1cccc(F)c1C#N. The Balaban J connectivity index is 3.09. The van der Waals surface area contributed by atoms with Crippen LogP contribution in [-0.4, -0.2) is 51.4 Å². The molecule has 0 aliphatic heterocycles. The summed E-state index contributed by atoms with van der Waals surface area (Å²) in [5.74, 6) is -0.817. The molecule has 0 atom stereocenters. The predicted octanol–water partition coefficient (Wildman–Crippen LogP) is 1.66. The maximum Gasteiger partial charge on any atom is 0.244 e. The molecule has 5 nitrogen and oxygen atoms in total. The molecule has 0 bridgehead atoms. The van der Waals surface area contributed by atoms with Gasteiger partial charge in [-0.2, -0.15) is 9.57 Å². The van der Waals surface area contributed by atoms with Gasteiger partial charge in [-0.3, -0.25) is 0 Å². The Morgan fingerprint density at radius 1 is 1.29 bits per heavy atom. The Morgan fingerprint density at radius 3 is 2.48 bits per heavy atom. The van der Waals surface area contributed by atoms with Crippen LogP contribution in [0.5, 0.6) is 0 Å². The first-order chi connectivity index (χ1) is 9.84. The Kier molecular flexibility index (Phi) is 6.27. The molecule has 0 fully saturated rings. The van der Waals surface area contributed by atoms with Crippen LogP contribution in [0.15, 0.2) is 23.1 Å². The van der Waals surface area contributed by atoms with Gasteiger partial charge in [0.15, 0.2) is 0 Å². The number of nitriles is 1. The minimum Gasteiger partial charge on any atom is -0.309 e. The van der Waals surface area contributed by atoms with E-state index in [1.54, 1.807) is 13.0 Å². The van der Waals surface area contributed by atoms with Gasteiger partial charge < -0.3 is 4.90 Å². The van der Waals surface area contributed by atoms with Gasteiger partial charge in [0, 0.05) is 13.1 Å². The van der Waals surface area contributed by atoms with Crippen LogP contribution in [0.1, 0.15) is 18.9 Å². The number of halogens is 1. The van der Waals surface area contributed by atoms with Crippen LogP contribution in [0.25, 0.3) is 0 Å². The summed E-state index contributed by atoms with van der Waals surface area (Å²) in [4.78, 5) is 1.69. The molecule has 0 aromatic heterocycles. The van der Waals surface area contributed by atoms with E-state index in [2.05, 4.69) is 0 Å². The quantitative estimate of drug-likeness (QED) is 0.768. The molecule has 1 aromatic carbocycles. The molecule has 116 valence electrons. The summed E-state index contributed by atoms with van der Waals surface area (Å²) in [7, 11) is -0.0463. The Labute approximate surface area is 125 Å². The molecule has 21 heavy (non-hydrogen) atoms. The monoisotopic (exact) mass is 313 g/mol. The van der Waals surface area contributed by atoms with E-state index in [4.69, 9.17) is 5.26 Å². The molecule has 1 rings (SSSR count). The third-order valence-corrected chi connectivity index (χ3v) is 5.09. The Morgan fingerprint density at radius 2 is 1.95 bits per heavy atom. The second kappa shape index (κ2) is 7.50. The molecule has 0 saturated heterocycles. The van der Waals surface area contributed by atoms with Crippen molar-refractivity contribution in [2.24, 2.45) is 0 Å². The number of rotatable bonds is 7. The molecular weight excluding hydrogens is 293 g/mol. The Hall–Kier alpha value is -1.49. The van der Waals surface area contributed by atoms with Crippen molar-refractivity contribution in [3.63, 3.8) is 0 Å². The van der Waals surface area contributed by atoms with Crippen molar-refractivity contribution in [2.45, 2.75) is 18.2 Å². The van der Waals surface area contributed by atoms with Gasteiger partial charge in [0.25, 0.3) is 0 Å². The lowest BCUT2D eigenvalue weighted by molar-refractivity contribution is 0.356. The lowest BCUT2D eigenvalue weighted by Gasteiger charge is -2.22. The summed E-state index contributed by atoms with van der Waals surface area (Å²) >= 11 is 0.